The molecule has 1 aliphatic rings. The minimum absolute atomic E-state index is 0.0363. The summed E-state index contributed by atoms with van der Waals surface area (Å²) >= 11 is 0. The van der Waals surface area contributed by atoms with Gasteiger partial charge in [0.1, 0.15) is 10.7 Å². The normalized spacial score (nSPS) is 16.0. The Morgan fingerprint density at radius 2 is 1.89 bits per heavy atom. The van der Waals surface area contributed by atoms with Crippen LogP contribution >= 0.6 is 0 Å². The lowest BCUT2D eigenvalue weighted by Crippen LogP contribution is -2.28. The molecule has 1 aliphatic heterocycles. The molecule has 1 aromatic carbocycles. The van der Waals surface area contributed by atoms with Gasteiger partial charge < -0.3 is 9.73 Å². The fourth-order valence-electron chi connectivity index (χ4n) is 3.10. The van der Waals surface area contributed by atoms with Crippen LogP contribution in [0, 0.1) is 18.3 Å². The molecule has 1 N–H and O–H groups in total. The molecule has 0 radical (unpaired) electrons. The molecule has 1 fully saturated rings. The van der Waals surface area contributed by atoms with Gasteiger partial charge in [-0.25, -0.2) is 8.42 Å². The third-order valence-electron chi connectivity index (χ3n) is 4.67. The van der Waals surface area contributed by atoms with E-state index in [1.54, 1.807) is 38.1 Å². The first kappa shape index (κ1) is 19.1. The van der Waals surface area contributed by atoms with E-state index in [1.165, 1.54) is 10.4 Å². The zero-order valence-electron chi connectivity index (χ0n) is 15.2. The van der Waals surface area contributed by atoms with Crippen molar-refractivity contribution in [3.05, 3.63) is 53.0 Å². The van der Waals surface area contributed by atoms with Crippen LogP contribution in [0.15, 0.2) is 39.6 Å². The van der Waals surface area contributed by atoms with Crippen molar-refractivity contribution in [1.82, 2.24) is 9.62 Å². The van der Waals surface area contributed by atoms with Crippen LogP contribution < -0.4 is 5.32 Å². The Kier molecular flexibility index (Phi) is 5.35. The Hall–Kier alpha value is -2.63. The second-order valence-corrected chi connectivity index (χ2v) is 8.48. The number of nitrogens with zero attached hydrogens (tertiary/aromatic N) is 2. The fourth-order valence-corrected chi connectivity index (χ4v) is 4.78. The second kappa shape index (κ2) is 7.55. The molecule has 7 nitrogen and oxygen atoms in total. The van der Waals surface area contributed by atoms with Crippen molar-refractivity contribution in [2.24, 2.45) is 0 Å². The van der Waals surface area contributed by atoms with E-state index in [-0.39, 0.29) is 22.5 Å². The predicted octanol–water partition coefficient (Wildman–Crippen LogP) is 2.74. The van der Waals surface area contributed by atoms with Gasteiger partial charge in [0.2, 0.25) is 10.0 Å². The Labute approximate surface area is 158 Å². The number of sulfonamides is 1. The summed E-state index contributed by atoms with van der Waals surface area (Å²) < 4.78 is 32.3. The second-order valence-electron chi connectivity index (χ2n) is 6.57. The molecule has 2 aromatic rings. The maximum atomic E-state index is 12.7. The first-order valence-electron chi connectivity index (χ1n) is 8.74. The van der Waals surface area contributed by atoms with E-state index in [0.29, 0.717) is 18.7 Å². The average Bonchev–Trinajstić information content (AvgIpc) is 3.32. The van der Waals surface area contributed by atoms with Crippen LogP contribution in [-0.4, -0.2) is 31.7 Å². The van der Waals surface area contributed by atoms with Gasteiger partial charge in [-0.2, -0.15) is 9.57 Å². The molecule has 0 saturated carbocycles. The van der Waals surface area contributed by atoms with Crippen molar-refractivity contribution in [3.63, 3.8) is 0 Å². The largest absolute Gasteiger partial charge is 0.455 e. The summed E-state index contributed by atoms with van der Waals surface area (Å²) in [4.78, 5) is 12.5. The molecule has 0 spiro atoms. The lowest BCUT2D eigenvalue weighted by atomic mass is 10.1. The van der Waals surface area contributed by atoms with Crippen molar-refractivity contribution in [1.29, 1.82) is 5.26 Å². The average molecular weight is 387 g/mol. The molecule has 142 valence electrons. The highest BCUT2D eigenvalue weighted by Crippen LogP contribution is 2.26. The molecule has 3 rings (SSSR count). The Bertz CT molecular complexity index is 981. The van der Waals surface area contributed by atoms with E-state index >= 15 is 0 Å². The molecule has 8 heteroatoms. The molecular formula is C19H21N3O4S. The van der Waals surface area contributed by atoms with Gasteiger partial charge in [-0.05, 0) is 44.4 Å². The van der Waals surface area contributed by atoms with Crippen molar-refractivity contribution < 1.29 is 17.6 Å². The van der Waals surface area contributed by atoms with Crippen molar-refractivity contribution in [3.8, 4) is 6.07 Å². The lowest BCUT2D eigenvalue weighted by Gasteiger charge is -2.14. The van der Waals surface area contributed by atoms with E-state index < -0.39 is 15.9 Å². The number of nitriles is 1. The lowest BCUT2D eigenvalue weighted by molar-refractivity contribution is 0.0910. The van der Waals surface area contributed by atoms with Gasteiger partial charge in [0, 0.05) is 19.2 Å². The number of hydrogen-bond donors (Lipinski definition) is 1. The predicted molar refractivity (Wildman–Crippen MR) is 98.5 cm³/mol. The number of rotatable bonds is 5. The van der Waals surface area contributed by atoms with Crippen LogP contribution in [0.3, 0.4) is 0 Å². The molecule has 0 unspecified atom stereocenters. The summed E-state index contributed by atoms with van der Waals surface area (Å²) in [5.41, 5.74) is 1.37. The standard InChI is InChI=1S/C19H21N3O4S/c1-13(16-7-5-15(12-20)6-8-16)21-19(23)17-11-18(14(2)26-17)27(24,25)22-9-3-4-10-22/h5-8,11,13H,3-4,9-10H2,1-2H3,(H,21,23)/t13-/m1/s1. The number of aryl methyl sites for hydroxylation is 1. The summed E-state index contributed by atoms with van der Waals surface area (Å²) in [5, 5.41) is 11.6. The zero-order chi connectivity index (χ0) is 19.6. The molecule has 1 atom stereocenters. The molecule has 27 heavy (non-hydrogen) atoms. The molecule has 1 aromatic heterocycles. The molecule has 2 heterocycles. The van der Waals surface area contributed by atoms with Gasteiger partial charge in [-0.3, -0.25) is 4.79 Å². The van der Waals surface area contributed by atoms with Gasteiger partial charge >= 0.3 is 0 Å². The summed E-state index contributed by atoms with van der Waals surface area (Å²) in [5.74, 6) is -0.318. The van der Waals surface area contributed by atoms with Gasteiger partial charge in [-0.1, -0.05) is 12.1 Å². The minimum atomic E-state index is -3.64. The number of amides is 1. The first-order chi connectivity index (χ1) is 12.8. The third kappa shape index (κ3) is 3.89. The van der Waals surface area contributed by atoms with Crippen LogP contribution in [-0.2, 0) is 10.0 Å². The fraction of sp³-hybridized carbons (Fsp3) is 0.368. The monoisotopic (exact) mass is 387 g/mol. The van der Waals surface area contributed by atoms with E-state index in [0.717, 1.165) is 18.4 Å². The zero-order valence-corrected chi connectivity index (χ0v) is 16.0. The Morgan fingerprint density at radius 3 is 2.48 bits per heavy atom. The number of nitrogens with one attached hydrogen (secondary N) is 1. The molecule has 1 amide bonds. The summed E-state index contributed by atoms with van der Waals surface area (Å²) in [6.45, 7) is 4.33. The molecule has 0 bridgehead atoms. The van der Waals surface area contributed by atoms with Crippen molar-refractivity contribution >= 4 is 15.9 Å². The van der Waals surface area contributed by atoms with E-state index in [2.05, 4.69) is 5.32 Å². The van der Waals surface area contributed by atoms with Crippen LogP contribution in [0.4, 0.5) is 0 Å². The third-order valence-corrected chi connectivity index (χ3v) is 6.67. The number of carbonyl (C=O) groups is 1. The highest BCUT2D eigenvalue weighted by Gasteiger charge is 2.31. The topological polar surface area (TPSA) is 103 Å². The van der Waals surface area contributed by atoms with E-state index in [9.17, 15) is 13.2 Å². The highest BCUT2D eigenvalue weighted by atomic mass is 32.2. The SMILES string of the molecule is Cc1oc(C(=O)N[C@H](C)c2ccc(C#N)cc2)cc1S(=O)(=O)N1CCCC1. The Balaban J connectivity index is 1.76. The first-order valence-corrected chi connectivity index (χ1v) is 10.2. The Morgan fingerprint density at radius 1 is 1.26 bits per heavy atom. The van der Waals surface area contributed by atoms with Gasteiger partial charge in [0.25, 0.3) is 5.91 Å². The summed E-state index contributed by atoms with van der Waals surface area (Å²) in [7, 11) is -3.64. The van der Waals surface area contributed by atoms with E-state index in [4.69, 9.17) is 9.68 Å². The van der Waals surface area contributed by atoms with Crippen LogP contribution in [0.2, 0.25) is 0 Å². The summed E-state index contributed by atoms with van der Waals surface area (Å²) in [6.07, 6.45) is 1.68. The van der Waals surface area contributed by atoms with Crippen molar-refractivity contribution in [2.75, 3.05) is 13.1 Å². The van der Waals surface area contributed by atoms with E-state index in [1.807, 2.05) is 6.07 Å². The molecular weight excluding hydrogens is 366 g/mol. The van der Waals surface area contributed by atoms with Gasteiger partial charge in [0.15, 0.2) is 5.76 Å². The minimum Gasteiger partial charge on any atom is -0.455 e. The van der Waals surface area contributed by atoms with Crippen LogP contribution in [0.25, 0.3) is 0 Å². The number of benzene rings is 1. The van der Waals surface area contributed by atoms with Crippen LogP contribution in [0.1, 0.15) is 53.2 Å². The quantitative estimate of drug-likeness (QED) is 0.850. The summed E-state index contributed by atoms with van der Waals surface area (Å²) in [6, 6.07) is 9.89. The number of furan rings is 1. The van der Waals surface area contributed by atoms with Gasteiger partial charge in [0.05, 0.1) is 17.7 Å². The highest BCUT2D eigenvalue weighted by molar-refractivity contribution is 7.89. The maximum absolute atomic E-state index is 12.7. The number of carbonyl (C=O) groups excluding carboxylic acids is 1. The number of hydrogen-bond acceptors (Lipinski definition) is 5. The van der Waals surface area contributed by atoms with Crippen LogP contribution in [0.5, 0.6) is 0 Å². The smallest absolute Gasteiger partial charge is 0.287 e. The maximum Gasteiger partial charge on any atom is 0.287 e. The molecule has 0 aliphatic carbocycles. The van der Waals surface area contributed by atoms with Crippen molar-refractivity contribution in [2.45, 2.75) is 37.6 Å². The molecule has 1 saturated heterocycles. The van der Waals surface area contributed by atoms with Gasteiger partial charge in [-0.15, -0.1) is 0 Å².